The minimum atomic E-state index is -0.793. The molecule has 0 spiro atoms. The molecule has 0 bridgehead atoms. The van der Waals surface area contributed by atoms with Crippen LogP contribution in [0.2, 0.25) is 0 Å². The molecule has 40 heavy (non-hydrogen) atoms. The quantitative estimate of drug-likeness (QED) is 0.125. The lowest BCUT2D eigenvalue weighted by Gasteiger charge is -2.26. The molecule has 1 aliphatic rings. The average Bonchev–Trinajstić information content (AvgIpc) is 3.57. The molecule has 1 saturated heterocycles. The van der Waals surface area contributed by atoms with Gasteiger partial charge >= 0.3 is 0 Å². The van der Waals surface area contributed by atoms with Crippen molar-refractivity contribution in [3.63, 3.8) is 0 Å². The Morgan fingerprint density at radius 1 is 0.925 bits per heavy atom. The zero-order chi connectivity index (χ0) is 28.5. The van der Waals surface area contributed by atoms with E-state index in [9.17, 15) is 14.7 Å². The monoisotopic (exact) mass is 547 g/mol. The Bertz CT molecular complexity index is 1320. The summed E-state index contributed by atoms with van der Waals surface area (Å²) in [6, 6.07) is 11.5. The summed E-state index contributed by atoms with van der Waals surface area (Å²) in [5.74, 6) is 0.175. The van der Waals surface area contributed by atoms with Crippen LogP contribution in [0, 0.1) is 0 Å². The van der Waals surface area contributed by atoms with E-state index in [4.69, 9.17) is 14.2 Å². The number of aryl methyl sites for hydroxylation is 1. The zero-order valence-electron chi connectivity index (χ0n) is 23.3. The first kappa shape index (κ1) is 28.7. The first-order valence-electron chi connectivity index (χ1n) is 13.8. The third-order valence-corrected chi connectivity index (χ3v) is 6.69. The molecule has 3 aromatic rings. The van der Waals surface area contributed by atoms with E-state index in [1.54, 1.807) is 48.9 Å². The number of ether oxygens (including phenoxy) is 3. The van der Waals surface area contributed by atoms with Gasteiger partial charge in [0.2, 0.25) is 0 Å². The molecule has 1 aromatic heterocycles. The second-order valence-electron chi connectivity index (χ2n) is 9.45. The minimum absolute atomic E-state index is 0.0406. The van der Waals surface area contributed by atoms with Crippen molar-refractivity contribution in [1.82, 2.24) is 14.5 Å². The van der Waals surface area contributed by atoms with Gasteiger partial charge in [-0.25, -0.2) is 4.98 Å². The van der Waals surface area contributed by atoms with E-state index in [0.29, 0.717) is 67.7 Å². The molecule has 2 heterocycles. The van der Waals surface area contributed by atoms with Crippen molar-refractivity contribution < 1.29 is 28.9 Å². The normalized spacial score (nSPS) is 16.4. The molecular formula is C31H37N3O6. The molecule has 0 radical (unpaired) electrons. The number of Topliss-reactive ketones (excluding diaryl/α,β-unsaturated/α-hetero) is 1. The number of aliphatic hydroxyl groups excluding tert-OH is 1. The Labute approximate surface area is 235 Å². The SMILES string of the molecule is CCCCOc1ccc(C2C(=C(O)c3ccc(OCC)cc3)C(=O)C(=O)N2CCCn2ccnc2)cc1OCC. The van der Waals surface area contributed by atoms with Crippen LogP contribution in [-0.2, 0) is 16.1 Å². The Balaban J connectivity index is 1.74. The van der Waals surface area contributed by atoms with Crippen molar-refractivity contribution >= 4 is 17.4 Å². The van der Waals surface area contributed by atoms with Crippen LogP contribution in [0.25, 0.3) is 5.76 Å². The van der Waals surface area contributed by atoms with E-state index in [1.165, 1.54) is 4.90 Å². The number of carbonyl (C=O) groups excluding carboxylic acids is 2. The number of nitrogens with zero attached hydrogens (tertiary/aromatic N) is 3. The van der Waals surface area contributed by atoms with Crippen molar-refractivity contribution in [2.75, 3.05) is 26.4 Å². The van der Waals surface area contributed by atoms with Gasteiger partial charge in [0, 0.05) is 31.0 Å². The molecule has 0 aliphatic carbocycles. The number of rotatable bonds is 14. The van der Waals surface area contributed by atoms with Gasteiger partial charge in [-0.2, -0.15) is 0 Å². The van der Waals surface area contributed by atoms with Crippen molar-refractivity contribution in [3.8, 4) is 17.2 Å². The fraction of sp³-hybridized carbons (Fsp3) is 0.387. The predicted octanol–water partition coefficient (Wildman–Crippen LogP) is 5.37. The molecule has 1 atom stereocenters. The van der Waals surface area contributed by atoms with Gasteiger partial charge in [-0.15, -0.1) is 0 Å². The highest BCUT2D eigenvalue weighted by Crippen LogP contribution is 2.42. The van der Waals surface area contributed by atoms with Crippen molar-refractivity contribution in [2.24, 2.45) is 0 Å². The molecule has 212 valence electrons. The number of carbonyl (C=O) groups is 2. The number of likely N-dealkylation sites (tertiary alicyclic amines) is 1. The second kappa shape index (κ2) is 13.7. The predicted molar refractivity (Wildman–Crippen MR) is 151 cm³/mol. The first-order valence-corrected chi connectivity index (χ1v) is 13.8. The number of aliphatic hydroxyl groups is 1. The molecule has 0 saturated carbocycles. The number of hydrogen-bond donors (Lipinski definition) is 1. The largest absolute Gasteiger partial charge is 0.507 e. The van der Waals surface area contributed by atoms with Gasteiger partial charge in [0.1, 0.15) is 11.5 Å². The van der Waals surface area contributed by atoms with Crippen LogP contribution in [0.15, 0.2) is 66.8 Å². The van der Waals surface area contributed by atoms with Gasteiger partial charge in [0.15, 0.2) is 11.5 Å². The number of ketones is 1. The maximum Gasteiger partial charge on any atom is 0.295 e. The van der Waals surface area contributed by atoms with E-state index >= 15 is 0 Å². The molecule has 2 aromatic carbocycles. The highest BCUT2D eigenvalue weighted by atomic mass is 16.5. The summed E-state index contributed by atoms with van der Waals surface area (Å²) in [7, 11) is 0. The maximum absolute atomic E-state index is 13.4. The van der Waals surface area contributed by atoms with Gasteiger partial charge in [-0.1, -0.05) is 19.4 Å². The van der Waals surface area contributed by atoms with Crippen molar-refractivity contribution in [2.45, 2.75) is 52.6 Å². The summed E-state index contributed by atoms with van der Waals surface area (Å²) in [6.45, 7) is 8.29. The third-order valence-electron chi connectivity index (χ3n) is 6.69. The second-order valence-corrected chi connectivity index (χ2v) is 9.45. The Hall–Kier alpha value is -4.27. The van der Waals surface area contributed by atoms with E-state index in [-0.39, 0.29) is 11.3 Å². The maximum atomic E-state index is 13.4. The molecule has 1 fully saturated rings. The average molecular weight is 548 g/mol. The van der Waals surface area contributed by atoms with E-state index in [0.717, 1.165) is 12.8 Å². The van der Waals surface area contributed by atoms with Gasteiger partial charge < -0.3 is 28.8 Å². The summed E-state index contributed by atoms with van der Waals surface area (Å²) >= 11 is 0. The van der Waals surface area contributed by atoms with Gasteiger partial charge in [0.25, 0.3) is 11.7 Å². The molecule has 1 amide bonds. The Morgan fingerprint density at radius 2 is 1.70 bits per heavy atom. The minimum Gasteiger partial charge on any atom is -0.507 e. The van der Waals surface area contributed by atoms with Crippen LogP contribution in [-0.4, -0.2) is 57.6 Å². The van der Waals surface area contributed by atoms with E-state index in [1.807, 2.05) is 30.7 Å². The molecule has 1 N–H and O–H groups in total. The summed E-state index contributed by atoms with van der Waals surface area (Å²) in [5, 5.41) is 11.4. The Kier molecular flexibility index (Phi) is 9.83. The van der Waals surface area contributed by atoms with Crippen LogP contribution in [0.5, 0.6) is 17.2 Å². The molecule has 9 heteroatoms. The fourth-order valence-electron chi connectivity index (χ4n) is 4.74. The van der Waals surface area contributed by atoms with Crippen LogP contribution in [0.4, 0.5) is 0 Å². The lowest BCUT2D eigenvalue weighted by atomic mass is 9.95. The van der Waals surface area contributed by atoms with Gasteiger partial charge in [-0.05, 0) is 68.7 Å². The summed E-state index contributed by atoms with van der Waals surface area (Å²) in [5.41, 5.74) is 1.12. The first-order chi connectivity index (χ1) is 19.5. The number of aromatic nitrogens is 2. The third kappa shape index (κ3) is 6.47. The standard InChI is InChI=1S/C31H37N3O6/c1-4-7-19-40-25-14-11-23(20-26(25)39-6-3)28-27(29(35)22-9-12-24(13-10-22)38-5-2)30(36)31(37)34(28)17-8-16-33-18-15-32-21-33/h9-15,18,20-21,28,35H,4-8,16-17,19H2,1-3H3. The number of imidazole rings is 1. The summed E-state index contributed by atoms with van der Waals surface area (Å²) in [6.07, 6.45) is 7.77. The number of benzene rings is 2. The smallest absolute Gasteiger partial charge is 0.295 e. The van der Waals surface area contributed by atoms with Crippen molar-refractivity contribution in [3.05, 3.63) is 77.9 Å². The van der Waals surface area contributed by atoms with Crippen LogP contribution < -0.4 is 14.2 Å². The van der Waals surface area contributed by atoms with Gasteiger partial charge in [-0.3, -0.25) is 9.59 Å². The lowest BCUT2D eigenvalue weighted by Crippen LogP contribution is -2.31. The summed E-state index contributed by atoms with van der Waals surface area (Å²) in [4.78, 5) is 32.4. The fourth-order valence-corrected chi connectivity index (χ4v) is 4.74. The lowest BCUT2D eigenvalue weighted by molar-refractivity contribution is -0.139. The van der Waals surface area contributed by atoms with Crippen LogP contribution >= 0.6 is 0 Å². The topological polar surface area (TPSA) is 103 Å². The van der Waals surface area contributed by atoms with Crippen molar-refractivity contribution in [1.29, 1.82) is 0 Å². The molecule has 9 nitrogen and oxygen atoms in total. The van der Waals surface area contributed by atoms with Gasteiger partial charge in [0.05, 0.1) is 37.8 Å². The molecule has 4 rings (SSSR count). The summed E-state index contributed by atoms with van der Waals surface area (Å²) < 4.78 is 19.3. The number of unbranched alkanes of at least 4 members (excludes halogenated alkanes) is 1. The molecule has 1 unspecified atom stereocenters. The molecule has 1 aliphatic heterocycles. The highest BCUT2D eigenvalue weighted by molar-refractivity contribution is 6.46. The van der Waals surface area contributed by atoms with E-state index < -0.39 is 17.7 Å². The van der Waals surface area contributed by atoms with Crippen LogP contribution in [0.1, 0.15) is 57.2 Å². The zero-order valence-corrected chi connectivity index (χ0v) is 23.3. The Morgan fingerprint density at radius 3 is 2.38 bits per heavy atom. The number of amides is 1. The van der Waals surface area contributed by atoms with E-state index in [2.05, 4.69) is 11.9 Å². The molecular weight excluding hydrogens is 510 g/mol. The highest BCUT2D eigenvalue weighted by Gasteiger charge is 2.46. The number of hydrogen-bond acceptors (Lipinski definition) is 7. The van der Waals surface area contributed by atoms with Crippen LogP contribution in [0.3, 0.4) is 0 Å².